The summed E-state index contributed by atoms with van der Waals surface area (Å²) in [6.45, 7) is 0. The van der Waals surface area contributed by atoms with E-state index in [1.807, 2.05) is 0 Å². The molecule has 0 bridgehead atoms. The van der Waals surface area contributed by atoms with Crippen molar-refractivity contribution < 1.29 is 24.5 Å². The van der Waals surface area contributed by atoms with Gasteiger partial charge in [0, 0.05) is 12.3 Å². The average Bonchev–Trinajstić information content (AvgIpc) is 2.41. The second-order valence-corrected chi connectivity index (χ2v) is 3.56. The van der Waals surface area contributed by atoms with E-state index in [2.05, 4.69) is 0 Å². The third kappa shape index (κ3) is 1.19. The smallest absolute Gasteiger partial charge is 0.309 e. The predicted molar refractivity (Wildman–Crippen MR) is 39.7 cm³/mol. The number of aliphatic carboxylic acids is 1. The Kier molecular flexibility index (Phi) is 1.76. The summed E-state index contributed by atoms with van der Waals surface area (Å²) < 4.78 is 4.87. The first-order chi connectivity index (χ1) is 6.09. The minimum Gasteiger partial charge on any atom is -0.481 e. The van der Waals surface area contributed by atoms with E-state index in [-0.39, 0.29) is 30.8 Å². The summed E-state index contributed by atoms with van der Waals surface area (Å²) >= 11 is 0. The third-order valence-corrected chi connectivity index (χ3v) is 2.80. The number of rotatable bonds is 1. The van der Waals surface area contributed by atoms with Crippen molar-refractivity contribution in [2.75, 3.05) is 0 Å². The molecule has 0 aromatic carbocycles. The number of esters is 1. The normalized spacial score (nSPS) is 43.0. The zero-order valence-corrected chi connectivity index (χ0v) is 6.84. The molecule has 1 aliphatic heterocycles. The molecule has 13 heavy (non-hydrogen) atoms. The molecule has 72 valence electrons. The van der Waals surface area contributed by atoms with Crippen molar-refractivity contribution in [2.24, 2.45) is 11.8 Å². The number of ether oxygens (including phenoxy) is 1. The van der Waals surface area contributed by atoms with E-state index >= 15 is 0 Å². The molecule has 0 amide bonds. The van der Waals surface area contributed by atoms with Crippen molar-refractivity contribution in [3.63, 3.8) is 0 Å². The Hall–Kier alpha value is -1.10. The maximum Gasteiger partial charge on any atom is 0.309 e. The van der Waals surface area contributed by atoms with Crippen LogP contribution in [0.4, 0.5) is 0 Å². The van der Waals surface area contributed by atoms with Crippen LogP contribution < -0.4 is 0 Å². The van der Waals surface area contributed by atoms with Crippen LogP contribution in [0.5, 0.6) is 0 Å². The average molecular weight is 186 g/mol. The highest BCUT2D eigenvalue weighted by atomic mass is 16.6. The van der Waals surface area contributed by atoms with Crippen LogP contribution in [-0.4, -0.2) is 34.4 Å². The molecule has 5 heteroatoms. The van der Waals surface area contributed by atoms with Crippen LogP contribution in [0.25, 0.3) is 0 Å². The largest absolute Gasteiger partial charge is 0.481 e. The van der Waals surface area contributed by atoms with Crippen molar-refractivity contribution >= 4 is 11.9 Å². The van der Waals surface area contributed by atoms with Gasteiger partial charge in [0.1, 0.15) is 6.10 Å². The Labute approximate surface area is 74.3 Å². The molecule has 5 nitrogen and oxygen atoms in total. The Balaban J connectivity index is 2.19. The van der Waals surface area contributed by atoms with Crippen LogP contribution in [0.1, 0.15) is 12.8 Å². The summed E-state index contributed by atoms with van der Waals surface area (Å²) in [5.74, 6) is -2.57. The first kappa shape index (κ1) is 8.50. The van der Waals surface area contributed by atoms with Crippen LogP contribution >= 0.6 is 0 Å². The summed E-state index contributed by atoms with van der Waals surface area (Å²) in [7, 11) is 0. The number of aliphatic hydroxyl groups is 1. The van der Waals surface area contributed by atoms with Crippen molar-refractivity contribution in [3.8, 4) is 0 Å². The molecule has 2 aliphatic rings. The van der Waals surface area contributed by atoms with E-state index in [1.54, 1.807) is 0 Å². The molecule has 2 rings (SSSR count). The van der Waals surface area contributed by atoms with Gasteiger partial charge in [-0.05, 0) is 0 Å². The zero-order valence-electron chi connectivity index (χ0n) is 6.84. The van der Waals surface area contributed by atoms with Crippen molar-refractivity contribution in [2.45, 2.75) is 25.0 Å². The van der Waals surface area contributed by atoms with Gasteiger partial charge in [-0.2, -0.15) is 0 Å². The lowest BCUT2D eigenvalue weighted by atomic mass is 9.92. The highest BCUT2D eigenvalue weighted by Crippen LogP contribution is 2.41. The molecule has 1 heterocycles. The molecule has 0 spiro atoms. The Morgan fingerprint density at radius 2 is 2.23 bits per heavy atom. The lowest BCUT2D eigenvalue weighted by Gasteiger charge is -2.12. The van der Waals surface area contributed by atoms with Gasteiger partial charge >= 0.3 is 11.9 Å². The van der Waals surface area contributed by atoms with E-state index in [1.165, 1.54) is 0 Å². The van der Waals surface area contributed by atoms with Crippen LogP contribution in [0.2, 0.25) is 0 Å². The predicted octanol–water partition coefficient (Wildman–Crippen LogP) is -0.616. The molecule has 4 unspecified atom stereocenters. The second kappa shape index (κ2) is 2.70. The number of carbonyl (C=O) groups excluding carboxylic acids is 1. The molecule has 0 aromatic rings. The topological polar surface area (TPSA) is 83.8 Å². The van der Waals surface area contributed by atoms with Crippen LogP contribution in [0.3, 0.4) is 0 Å². The summed E-state index contributed by atoms with van der Waals surface area (Å²) in [4.78, 5) is 21.6. The van der Waals surface area contributed by atoms with Gasteiger partial charge in [0.2, 0.25) is 0 Å². The maximum absolute atomic E-state index is 10.8. The second-order valence-electron chi connectivity index (χ2n) is 3.56. The Morgan fingerprint density at radius 1 is 1.54 bits per heavy atom. The number of fused-ring (bicyclic) bond motifs is 1. The molecule has 4 atom stereocenters. The van der Waals surface area contributed by atoms with Crippen LogP contribution in [0.15, 0.2) is 0 Å². The molecular formula is C8H10O5. The van der Waals surface area contributed by atoms with E-state index < -0.39 is 18.0 Å². The Bertz CT molecular complexity index is 261. The molecule has 0 aromatic heterocycles. The monoisotopic (exact) mass is 186 g/mol. The summed E-state index contributed by atoms with van der Waals surface area (Å²) in [6, 6.07) is 0. The minimum absolute atomic E-state index is 0.124. The van der Waals surface area contributed by atoms with Gasteiger partial charge in [-0.1, -0.05) is 0 Å². The molecule has 1 saturated carbocycles. The van der Waals surface area contributed by atoms with Gasteiger partial charge in [0.25, 0.3) is 0 Å². The maximum atomic E-state index is 10.8. The molecule has 0 radical (unpaired) electrons. The Morgan fingerprint density at radius 3 is 2.85 bits per heavy atom. The van der Waals surface area contributed by atoms with E-state index in [0.717, 1.165) is 0 Å². The quantitative estimate of drug-likeness (QED) is 0.533. The minimum atomic E-state index is -1.04. The number of carbonyl (C=O) groups is 2. The molecule has 1 saturated heterocycles. The van der Waals surface area contributed by atoms with Crippen molar-refractivity contribution in [1.29, 1.82) is 0 Å². The highest BCUT2D eigenvalue weighted by Gasteiger charge is 2.52. The molecule has 1 aliphatic carbocycles. The number of carboxylic acid groups (broad SMARTS) is 1. The number of hydrogen-bond acceptors (Lipinski definition) is 4. The van der Waals surface area contributed by atoms with Crippen LogP contribution in [-0.2, 0) is 14.3 Å². The summed E-state index contributed by atoms with van der Waals surface area (Å²) in [5, 5.41) is 18.2. The first-order valence-electron chi connectivity index (χ1n) is 4.20. The zero-order chi connectivity index (χ0) is 9.59. The van der Waals surface area contributed by atoms with Crippen molar-refractivity contribution in [3.05, 3.63) is 0 Å². The summed E-state index contributed by atoms with van der Waals surface area (Å²) in [5.41, 5.74) is 0. The summed E-state index contributed by atoms with van der Waals surface area (Å²) in [6.07, 6.45) is -0.879. The lowest BCUT2D eigenvalue weighted by molar-refractivity contribution is -0.146. The fourth-order valence-electron chi connectivity index (χ4n) is 2.23. The third-order valence-electron chi connectivity index (χ3n) is 2.80. The van der Waals surface area contributed by atoms with E-state index in [0.29, 0.717) is 0 Å². The standard InChI is InChI=1S/C8H10O5/c9-4-2-5-3(1-6(10)13-5)7(4)8(11)12/h3-5,7,9H,1-2H2,(H,11,12). The van der Waals surface area contributed by atoms with Gasteiger partial charge in [-0.15, -0.1) is 0 Å². The number of aliphatic hydroxyl groups excluding tert-OH is 1. The highest BCUT2D eigenvalue weighted by molar-refractivity contribution is 5.77. The van der Waals surface area contributed by atoms with Crippen molar-refractivity contribution in [1.82, 2.24) is 0 Å². The molecular weight excluding hydrogens is 176 g/mol. The fraction of sp³-hybridized carbons (Fsp3) is 0.750. The lowest BCUT2D eigenvalue weighted by Crippen LogP contribution is -2.28. The SMILES string of the molecule is O=C1CC2C(CC(O)C2C(=O)O)O1. The van der Waals surface area contributed by atoms with Gasteiger partial charge < -0.3 is 14.9 Å². The van der Waals surface area contributed by atoms with E-state index in [9.17, 15) is 14.7 Å². The fourth-order valence-corrected chi connectivity index (χ4v) is 2.23. The van der Waals surface area contributed by atoms with Gasteiger partial charge in [-0.3, -0.25) is 9.59 Å². The number of carboxylic acids is 1. The van der Waals surface area contributed by atoms with E-state index in [4.69, 9.17) is 9.84 Å². The van der Waals surface area contributed by atoms with Gasteiger partial charge in [0.15, 0.2) is 0 Å². The number of hydrogen-bond donors (Lipinski definition) is 2. The van der Waals surface area contributed by atoms with Gasteiger partial charge in [-0.25, -0.2) is 0 Å². The van der Waals surface area contributed by atoms with Gasteiger partial charge in [0.05, 0.1) is 18.4 Å². The first-order valence-corrected chi connectivity index (χ1v) is 4.20. The molecule has 2 N–H and O–H groups in total. The molecule has 2 fully saturated rings. The van der Waals surface area contributed by atoms with Crippen LogP contribution in [0, 0.1) is 11.8 Å².